The van der Waals surface area contributed by atoms with Crippen molar-refractivity contribution in [3.8, 4) is 0 Å². The standard InChI is InChI=1S/C10H10N4O4S/c1-4-7(9(16)17)12-10-11-6(3-18-5(2)15)13-14(10)8(4)19/h19H,3H2,1-2H3,(H,16,17). The number of hydrogen-bond acceptors (Lipinski definition) is 7. The second-order valence-corrected chi connectivity index (χ2v) is 4.16. The lowest BCUT2D eigenvalue weighted by Gasteiger charge is -2.03. The maximum absolute atomic E-state index is 11.0. The lowest BCUT2D eigenvalue weighted by Crippen LogP contribution is -2.08. The molecule has 1 N–H and O–H groups in total. The minimum absolute atomic E-state index is 0.0927. The van der Waals surface area contributed by atoms with Gasteiger partial charge in [-0.25, -0.2) is 9.78 Å². The van der Waals surface area contributed by atoms with Gasteiger partial charge >= 0.3 is 11.9 Å². The highest BCUT2D eigenvalue weighted by atomic mass is 32.1. The molecule has 0 radical (unpaired) electrons. The number of nitrogens with zero attached hydrogens (tertiary/aromatic N) is 4. The summed E-state index contributed by atoms with van der Waals surface area (Å²) >= 11 is 4.20. The Morgan fingerprint density at radius 2 is 2.11 bits per heavy atom. The number of aromatic nitrogens is 4. The van der Waals surface area contributed by atoms with Crippen LogP contribution in [-0.4, -0.2) is 36.6 Å². The number of carbonyl (C=O) groups is 2. The van der Waals surface area contributed by atoms with Crippen LogP contribution in [-0.2, 0) is 16.1 Å². The van der Waals surface area contributed by atoms with E-state index in [4.69, 9.17) is 9.84 Å². The SMILES string of the molecule is CC(=O)OCc1nc2nc(C(=O)O)c(C)c(S)n2n1. The van der Waals surface area contributed by atoms with E-state index in [0.717, 1.165) is 0 Å². The predicted molar refractivity (Wildman–Crippen MR) is 65.2 cm³/mol. The molecule has 0 aliphatic heterocycles. The Balaban J connectivity index is 2.50. The van der Waals surface area contributed by atoms with Crippen LogP contribution < -0.4 is 0 Å². The Morgan fingerprint density at radius 1 is 1.42 bits per heavy atom. The Hall–Kier alpha value is -2.16. The topological polar surface area (TPSA) is 107 Å². The number of thiol groups is 1. The summed E-state index contributed by atoms with van der Waals surface area (Å²) in [5.74, 6) is -1.31. The van der Waals surface area contributed by atoms with Crippen LogP contribution in [0.15, 0.2) is 5.03 Å². The summed E-state index contributed by atoms with van der Waals surface area (Å²) in [6.07, 6.45) is 0. The molecule has 2 rings (SSSR count). The molecule has 0 saturated carbocycles. The minimum atomic E-state index is -1.17. The molecule has 2 aromatic rings. The van der Waals surface area contributed by atoms with Crippen molar-refractivity contribution in [1.29, 1.82) is 0 Å². The number of carboxylic acid groups (broad SMARTS) is 1. The van der Waals surface area contributed by atoms with E-state index in [1.807, 2.05) is 0 Å². The molecule has 0 spiro atoms. The van der Waals surface area contributed by atoms with Gasteiger partial charge in [-0.05, 0) is 6.92 Å². The highest BCUT2D eigenvalue weighted by Crippen LogP contribution is 2.17. The summed E-state index contributed by atoms with van der Waals surface area (Å²) in [4.78, 5) is 29.6. The van der Waals surface area contributed by atoms with E-state index in [-0.39, 0.29) is 23.9 Å². The number of rotatable bonds is 3. The maximum atomic E-state index is 11.0. The van der Waals surface area contributed by atoms with Gasteiger partial charge in [-0.3, -0.25) is 4.79 Å². The quantitative estimate of drug-likeness (QED) is 0.479. The minimum Gasteiger partial charge on any atom is -0.476 e. The first-order chi connectivity index (χ1) is 8.90. The third kappa shape index (κ3) is 2.50. The van der Waals surface area contributed by atoms with Gasteiger partial charge in [-0.1, -0.05) is 0 Å². The van der Waals surface area contributed by atoms with Crippen LogP contribution in [0.1, 0.15) is 28.8 Å². The monoisotopic (exact) mass is 282 g/mol. The van der Waals surface area contributed by atoms with Crippen molar-refractivity contribution in [2.75, 3.05) is 0 Å². The first-order valence-corrected chi connectivity index (χ1v) is 5.66. The molecule has 100 valence electrons. The van der Waals surface area contributed by atoms with Crippen LogP contribution in [0.2, 0.25) is 0 Å². The van der Waals surface area contributed by atoms with E-state index in [9.17, 15) is 9.59 Å². The smallest absolute Gasteiger partial charge is 0.355 e. The van der Waals surface area contributed by atoms with E-state index in [2.05, 4.69) is 27.7 Å². The van der Waals surface area contributed by atoms with Crippen LogP contribution in [0.4, 0.5) is 0 Å². The molecule has 0 atom stereocenters. The summed E-state index contributed by atoms with van der Waals surface area (Å²) < 4.78 is 6.05. The molecular formula is C10H10N4O4S. The maximum Gasteiger partial charge on any atom is 0.355 e. The Bertz CT molecular complexity index is 682. The van der Waals surface area contributed by atoms with Crippen LogP contribution >= 0.6 is 12.6 Å². The normalized spacial score (nSPS) is 10.7. The lowest BCUT2D eigenvalue weighted by molar-refractivity contribution is -0.142. The molecule has 0 saturated heterocycles. The first kappa shape index (κ1) is 13.3. The van der Waals surface area contributed by atoms with Gasteiger partial charge in [0.05, 0.1) is 0 Å². The third-order valence-electron chi connectivity index (χ3n) is 2.34. The van der Waals surface area contributed by atoms with E-state index >= 15 is 0 Å². The Labute approximate surface area is 112 Å². The van der Waals surface area contributed by atoms with Gasteiger partial charge in [0.15, 0.2) is 18.1 Å². The van der Waals surface area contributed by atoms with Crippen molar-refractivity contribution in [1.82, 2.24) is 19.6 Å². The van der Waals surface area contributed by atoms with Crippen LogP contribution in [0.5, 0.6) is 0 Å². The van der Waals surface area contributed by atoms with Crippen LogP contribution in [0.3, 0.4) is 0 Å². The highest BCUT2D eigenvalue weighted by Gasteiger charge is 2.17. The zero-order chi connectivity index (χ0) is 14.2. The second-order valence-electron chi connectivity index (χ2n) is 3.73. The van der Waals surface area contributed by atoms with Gasteiger partial charge < -0.3 is 9.84 Å². The first-order valence-electron chi connectivity index (χ1n) is 5.22. The average molecular weight is 282 g/mol. The zero-order valence-corrected chi connectivity index (χ0v) is 11.0. The third-order valence-corrected chi connectivity index (χ3v) is 2.87. The fourth-order valence-corrected chi connectivity index (χ4v) is 1.68. The molecule has 2 heterocycles. The molecule has 2 aromatic heterocycles. The molecule has 9 heteroatoms. The van der Waals surface area contributed by atoms with E-state index in [0.29, 0.717) is 10.6 Å². The molecule has 0 aromatic carbocycles. The second kappa shape index (κ2) is 4.84. The molecule has 0 aliphatic carbocycles. The van der Waals surface area contributed by atoms with Crippen LogP contribution in [0.25, 0.3) is 5.78 Å². The van der Waals surface area contributed by atoms with Crippen molar-refractivity contribution in [2.45, 2.75) is 25.5 Å². The fourth-order valence-electron chi connectivity index (χ4n) is 1.44. The average Bonchev–Trinajstić information content (AvgIpc) is 2.74. The molecule has 0 aliphatic rings. The number of aromatic carboxylic acids is 1. The van der Waals surface area contributed by atoms with Gasteiger partial charge in [0.25, 0.3) is 5.78 Å². The number of ether oxygens (including phenoxy) is 1. The number of carboxylic acids is 1. The zero-order valence-electron chi connectivity index (χ0n) is 10.1. The van der Waals surface area contributed by atoms with Gasteiger partial charge in [0.2, 0.25) is 0 Å². The number of carbonyl (C=O) groups excluding carboxylic acids is 1. The molecule has 0 fully saturated rings. The van der Waals surface area contributed by atoms with Crippen molar-refractivity contribution in [3.05, 3.63) is 17.1 Å². The summed E-state index contributed by atoms with van der Waals surface area (Å²) in [6.45, 7) is 2.74. The molecule has 0 amide bonds. The predicted octanol–water partition coefficient (Wildman–Crippen LogP) is 0.483. The van der Waals surface area contributed by atoms with Crippen molar-refractivity contribution in [2.24, 2.45) is 0 Å². The van der Waals surface area contributed by atoms with Gasteiger partial charge in [-0.15, -0.1) is 17.7 Å². The highest BCUT2D eigenvalue weighted by molar-refractivity contribution is 7.80. The molecule has 8 nitrogen and oxygen atoms in total. The van der Waals surface area contributed by atoms with Gasteiger partial charge in [-0.2, -0.15) is 9.50 Å². The van der Waals surface area contributed by atoms with Gasteiger partial charge in [0, 0.05) is 12.5 Å². The summed E-state index contributed by atoms with van der Waals surface area (Å²) in [5.41, 5.74) is 0.246. The van der Waals surface area contributed by atoms with Crippen molar-refractivity contribution < 1.29 is 19.4 Å². The van der Waals surface area contributed by atoms with Gasteiger partial charge in [0.1, 0.15) is 5.03 Å². The number of hydrogen-bond donors (Lipinski definition) is 2. The molecule has 0 bridgehead atoms. The molecular weight excluding hydrogens is 272 g/mol. The summed E-state index contributed by atoms with van der Waals surface area (Å²) in [5, 5.41) is 13.4. The largest absolute Gasteiger partial charge is 0.476 e. The fraction of sp³-hybridized carbons (Fsp3) is 0.300. The van der Waals surface area contributed by atoms with E-state index in [1.165, 1.54) is 11.4 Å². The summed E-state index contributed by atoms with van der Waals surface area (Å²) in [7, 11) is 0. The van der Waals surface area contributed by atoms with Crippen molar-refractivity contribution in [3.63, 3.8) is 0 Å². The summed E-state index contributed by atoms with van der Waals surface area (Å²) in [6, 6.07) is 0. The van der Waals surface area contributed by atoms with E-state index in [1.54, 1.807) is 6.92 Å². The lowest BCUT2D eigenvalue weighted by atomic mass is 10.2. The van der Waals surface area contributed by atoms with E-state index < -0.39 is 11.9 Å². The Morgan fingerprint density at radius 3 is 2.68 bits per heavy atom. The number of fused-ring (bicyclic) bond motifs is 1. The molecule has 0 unspecified atom stereocenters. The number of esters is 1. The van der Waals surface area contributed by atoms with Crippen LogP contribution in [0, 0.1) is 6.92 Å². The molecule has 19 heavy (non-hydrogen) atoms. The Kier molecular flexibility index (Phi) is 3.38. The van der Waals surface area contributed by atoms with Crippen molar-refractivity contribution >= 4 is 30.3 Å².